The van der Waals surface area contributed by atoms with Crippen LogP contribution in [0.25, 0.3) is 0 Å². The molecular formula is C11H11BrN4S. The summed E-state index contributed by atoms with van der Waals surface area (Å²) in [6.07, 6.45) is 2.03. The average Bonchev–Trinajstić information content (AvgIpc) is 2.28. The molecule has 0 aliphatic carbocycles. The van der Waals surface area contributed by atoms with Crippen molar-refractivity contribution in [1.29, 1.82) is 0 Å². The second kappa shape index (κ2) is 5.37. The van der Waals surface area contributed by atoms with Crippen LogP contribution in [-0.2, 0) is 0 Å². The number of nitrogens with two attached hydrogens (primary N) is 1. The summed E-state index contributed by atoms with van der Waals surface area (Å²) in [4.78, 5) is 9.47. The Kier molecular flexibility index (Phi) is 3.86. The van der Waals surface area contributed by atoms with Crippen LogP contribution in [0.2, 0.25) is 0 Å². The van der Waals surface area contributed by atoms with Gasteiger partial charge in [-0.05, 0) is 40.4 Å². The lowest BCUT2D eigenvalue weighted by Gasteiger charge is -2.06. The van der Waals surface area contributed by atoms with Crippen molar-refractivity contribution in [3.8, 4) is 0 Å². The predicted molar refractivity (Wildman–Crippen MR) is 75.7 cm³/mol. The summed E-state index contributed by atoms with van der Waals surface area (Å²) in [6.45, 7) is 0. The first-order valence-corrected chi connectivity index (χ1v) is 6.90. The van der Waals surface area contributed by atoms with E-state index in [1.165, 1.54) is 4.90 Å². The Hall–Kier alpha value is -1.27. The van der Waals surface area contributed by atoms with Crippen LogP contribution in [0.4, 0.5) is 17.5 Å². The van der Waals surface area contributed by atoms with Gasteiger partial charge in [-0.25, -0.2) is 4.98 Å². The molecule has 1 aromatic carbocycles. The summed E-state index contributed by atoms with van der Waals surface area (Å²) in [5.41, 5.74) is 6.58. The van der Waals surface area contributed by atoms with Crippen LogP contribution in [-0.4, -0.2) is 16.2 Å². The number of thioether (sulfide) groups is 1. The molecule has 1 heterocycles. The van der Waals surface area contributed by atoms with Gasteiger partial charge in [-0.3, -0.25) is 0 Å². The van der Waals surface area contributed by atoms with Gasteiger partial charge >= 0.3 is 0 Å². The van der Waals surface area contributed by atoms with Gasteiger partial charge in [0, 0.05) is 16.6 Å². The summed E-state index contributed by atoms with van der Waals surface area (Å²) in [7, 11) is 0. The number of benzene rings is 1. The van der Waals surface area contributed by atoms with E-state index in [0.29, 0.717) is 16.4 Å². The number of hydrogen-bond acceptors (Lipinski definition) is 5. The largest absolute Gasteiger partial charge is 0.383 e. The molecule has 0 atom stereocenters. The second-order valence-corrected chi connectivity index (χ2v) is 4.99. The normalized spacial score (nSPS) is 10.2. The summed E-state index contributed by atoms with van der Waals surface area (Å²) in [5.74, 6) is 0.908. The first-order valence-electron chi connectivity index (χ1n) is 4.88. The molecule has 0 spiro atoms. The summed E-state index contributed by atoms with van der Waals surface area (Å²) < 4.78 is 0.661. The third kappa shape index (κ3) is 3.34. The molecule has 6 heteroatoms. The van der Waals surface area contributed by atoms with Crippen molar-refractivity contribution in [2.24, 2.45) is 0 Å². The minimum Gasteiger partial charge on any atom is -0.383 e. The van der Waals surface area contributed by atoms with Crippen molar-refractivity contribution in [2.45, 2.75) is 4.90 Å². The predicted octanol–water partition coefficient (Wildman–Crippen LogP) is 3.29. The van der Waals surface area contributed by atoms with Gasteiger partial charge in [-0.1, -0.05) is 6.07 Å². The maximum atomic E-state index is 5.64. The average molecular weight is 311 g/mol. The summed E-state index contributed by atoms with van der Waals surface area (Å²) in [6, 6.07) is 9.68. The molecule has 0 amide bonds. The first kappa shape index (κ1) is 12.2. The number of halogens is 1. The fraction of sp³-hybridized carbons (Fsp3) is 0.0909. The van der Waals surface area contributed by atoms with Gasteiger partial charge in [0.2, 0.25) is 5.95 Å². The van der Waals surface area contributed by atoms with Crippen molar-refractivity contribution in [3.63, 3.8) is 0 Å². The van der Waals surface area contributed by atoms with E-state index in [1.54, 1.807) is 17.8 Å². The molecule has 0 aliphatic heterocycles. The zero-order valence-electron chi connectivity index (χ0n) is 9.14. The molecule has 3 N–H and O–H groups in total. The Bertz CT molecular complexity index is 512. The lowest BCUT2D eigenvalue weighted by molar-refractivity contribution is 1.15. The molecule has 17 heavy (non-hydrogen) atoms. The molecular weight excluding hydrogens is 300 g/mol. The van der Waals surface area contributed by atoms with E-state index in [1.807, 2.05) is 30.5 Å². The standard InChI is InChI=1S/C11H11BrN4S/c1-17-8-4-2-3-7(5-8)14-11-15-9(12)6-10(13)16-11/h2-6H,1H3,(H3,13,14,15,16). The number of nitrogen functional groups attached to an aromatic ring is 1. The number of hydrogen-bond donors (Lipinski definition) is 2. The monoisotopic (exact) mass is 310 g/mol. The highest BCUT2D eigenvalue weighted by molar-refractivity contribution is 9.10. The maximum absolute atomic E-state index is 5.64. The van der Waals surface area contributed by atoms with Crippen molar-refractivity contribution in [1.82, 2.24) is 9.97 Å². The van der Waals surface area contributed by atoms with Gasteiger partial charge in [-0.15, -0.1) is 11.8 Å². The Morgan fingerprint density at radius 2 is 2.12 bits per heavy atom. The Balaban J connectivity index is 2.24. The SMILES string of the molecule is CSc1cccc(Nc2nc(N)cc(Br)n2)c1. The minimum atomic E-state index is 0.426. The van der Waals surface area contributed by atoms with Crippen LogP contribution in [0.5, 0.6) is 0 Å². The fourth-order valence-electron chi connectivity index (χ4n) is 1.32. The van der Waals surface area contributed by atoms with Crippen LogP contribution in [0, 0.1) is 0 Å². The minimum absolute atomic E-state index is 0.426. The molecule has 4 nitrogen and oxygen atoms in total. The van der Waals surface area contributed by atoms with Gasteiger partial charge in [0.05, 0.1) is 0 Å². The van der Waals surface area contributed by atoms with Crippen LogP contribution in [0.15, 0.2) is 39.8 Å². The van der Waals surface area contributed by atoms with E-state index in [9.17, 15) is 0 Å². The summed E-state index contributed by atoms with van der Waals surface area (Å²) in [5, 5.41) is 3.11. The van der Waals surface area contributed by atoms with Crippen LogP contribution in [0.3, 0.4) is 0 Å². The molecule has 2 aromatic rings. The van der Waals surface area contributed by atoms with Crippen LogP contribution < -0.4 is 11.1 Å². The van der Waals surface area contributed by atoms with Crippen molar-refractivity contribution >= 4 is 45.1 Å². The zero-order chi connectivity index (χ0) is 12.3. The van der Waals surface area contributed by atoms with Crippen LogP contribution >= 0.6 is 27.7 Å². The number of rotatable bonds is 3. The molecule has 0 fully saturated rings. The quantitative estimate of drug-likeness (QED) is 0.673. The highest BCUT2D eigenvalue weighted by Crippen LogP contribution is 2.22. The third-order valence-corrected chi connectivity index (χ3v) is 3.17. The molecule has 0 saturated heterocycles. The third-order valence-electron chi connectivity index (χ3n) is 2.04. The van der Waals surface area contributed by atoms with Gasteiger partial charge in [0.1, 0.15) is 10.4 Å². The molecule has 0 radical (unpaired) electrons. The topological polar surface area (TPSA) is 63.8 Å². The van der Waals surface area contributed by atoms with Crippen LogP contribution in [0.1, 0.15) is 0 Å². The summed E-state index contributed by atoms with van der Waals surface area (Å²) >= 11 is 4.96. The molecule has 2 rings (SSSR count). The van der Waals surface area contributed by atoms with Crippen molar-refractivity contribution < 1.29 is 0 Å². The van der Waals surface area contributed by atoms with Gasteiger partial charge < -0.3 is 11.1 Å². The Morgan fingerprint density at radius 1 is 1.29 bits per heavy atom. The van der Waals surface area contributed by atoms with E-state index < -0.39 is 0 Å². The van der Waals surface area contributed by atoms with Gasteiger partial charge in [-0.2, -0.15) is 4.98 Å². The Morgan fingerprint density at radius 3 is 2.82 bits per heavy atom. The molecule has 88 valence electrons. The lowest BCUT2D eigenvalue weighted by Crippen LogP contribution is -2.00. The van der Waals surface area contributed by atoms with E-state index in [-0.39, 0.29) is 0 Å². The van der Waals surface area contributed by atoms with E-state index in [0.717, 1.165) is 5.69 Å². The smallest absolute Gasteiger partial charge is 0.230 e. The molecule has 0 saturated carbocycles. The first-order chi connectivity index (χ1) is 8.17. The van der Waals surface area contributed by atoms with E-state index in [4.69, 9.17) is 5.73 Å². The fourth-order valence-corrected chi connectivity index (χ4v) is 2.18. The number of aromatic nitrogens is 2. The van der Waals surface area contributed by atoms with Gasteiger partial charge in [0.25, 0.3) is 0 Å². The molecule has 0 unspecified atom stereocenters. The zero-order valence-corrected chi connectivity index (χ0v) is 11.5. The number of nitrogens with one attached hydrogen (secondary N) is 1. The van der Waals surface area contributed by atoms with Gasteiger partial charge in [0.15, 0.2) is 0 Å². The maximum Gasteiger partial charge on any atom is 0.230 e. The lowest BCUT2D eigenvalue weighted by atomic mass is 10.3. The molecule has 0 aliphatic rings. The number of nitrogens with zero attached hydrogens (tertiary/aromatic N) is 2. The highest BCUT2D eigenvalue weighted by atomic mass is 79.9. The molecule has 1 aromatic heterocycles. The number of anilines is 3. The highest BCUT2D eigenvalue weighted by Gasteiger charge is 2.01. The molecule has 0 bridgehead atoms. The van der Waals surface area contributed by atoms with E-state index in [2.05, 4.69) is 31.2 Å². The second-order valence-electron chi connectivity index (χ2n) is 3.30. The van der Waals surface area contributed by atoms with Crippen molar-refractivity contribution in [3.05, 3.63) is 34.9 Å². The van der Waals surface area contributed by atoms with E-state index >= 15 is 0 Å². The van der Waals surface area contributed by atoms with Crippen molar-refractivity contribution in [2.75, 3.05) is 17.3 Å². The Labute approximate surface area is 112 Å².